The number of aryl methyl sites for hydroxylation is 2. The number of nitrogens with zero attached hydrogens (tertiary/aromatic N) is 1. The van der Waals surface area contributed by atoms with Gasteiger partial charge in [-0.25, -0.2) is 0 Å². The van der Waals surface area contributed by atoms with Gasteiger partial charge in [0.2, 0.25) is 5.91 Å². The second kappa shape index (κ2) is 6.71. The van der Waals surface area contributed by atoms with Crippen molar-refractivity contribution in [3.63, 3.8) is 0 Å². The molecule has 0 bridgehead atoms. The van der Waals surface area contributed by atoms with Crippen LogP contribution in [0.25, 0.3) is 0 Å². The van der Waals surface area contributed by atoms with Crippen LogP contribution in [0, 0.1) is 13.8 Å². The Morgan fingerprint density at radius 3 is 2.53 bits per heavy atom. The van der Waals surface area contributed by atoms with Gasteiger partial charge in [0.1, 0.15) is 0 Å². The van der Waals surface area contributed by atoms with Crippen molar-refractivity contribution >= 4 is 5.91 Å². The third-order valence-electron chi connectivity index (χ3n) is 3.62. The summed E-state index contributed by atoms with van der Waals surface area (Å²) in [5, 5.41) is 3.39. The zero-order valence-electron chi connectivity index (χ0n) is 12.9. The van der Waals surface area contributed by atoms with E-state index in [1.54, 1.807) is 4.90 Å². The zero-order valence-corrected chi connectivity index (χ0v) is 12.9. The fourth-order valence-corrected chi connectivity index (χ4v) is 2.25. The lowest BCUT2D eigenvalue weighted by Crippen LogP contribution is -2.44. The summed E-state index contributed by atoms with van der Waals surface area (Å²) in [6, 6.07) is 6.44. The molecule has 1 aromatic carbocycles. The molecule has 0 aliphatic rings. The van der Waals surface area contributed by atoms with Gasteiger partial charge in [-0.2, -0.15) is 0 Å². The van der Waals surface area contributed by atoms with Gasteiger partial charge in [0.05, 0.1) is 6.04 Å². The maximum atomic E-state index is 12.1. The van der Waals surface area contributed by atoms with Crippen LogP contribution in [0.3, 0.4) is 0 Å². The van der Waals surface area contributed by atoms with Crippen LogP contribution in [0.5, 0.6) is 0 Å². The van der Waals surface area contributed by atoms with Gasteiger partial charge in [-0.05, 0) is 45.7 Å². The first-order chi connectivity index (χ1) is 8.86. The fourth-order valence-electron chi connectivity index (χ4n) is 2.25. The van der Waals surface area contributed by atoms with Crippen LogP contribution in [0.1, 0.15) is 43.5 Å². The van der Waals surface area contributed by atoms with Crippen molar-refractivity contribution in [2.75, 3.05) is 13.6 Å². The summed E-state index contributed by atoms with van der Waals surface area (Å²) in [5.74, 6) is 0.139. The summed E-state index contributed by atoms with van der Waals surface area (Å²) >= 11 is 0. The number of nitrogens with one attached hydrogen (secondary N) is 1. The average Bonchev–Trinajstić information content (AvgIpc) is 2.39. The maximum Gasteiger partial charge on any atom is 0.239 e. The summed E-state index contributed by atoms with van der Waals surface area (Å²) in [6.07, 6.45) is 0. The SMILES string of the molecule is CCN(C)C(=O)C(C)NC(C)c1cc(C)ccc1C. The van der Waals surface area contributed by atoms with E-state index in [4.69, 9.17) is 0 Å². The molecule has 0 heterocycles. The molecule has 0 aromatic heterocycles. The van der Waals surface area contributed by atoms with Gasteiger partial charge in [-0.3, -0.25) is 10.1 Å². The normalized spacial score (nSPS) is 14.0. The van der Waals surface area contributed by atoms with Crippen LogP contribution in [0.15, 0.2) is 18.2 Å². The van der Waals surface area contributed by atoms with Crippen LogP contribution in [0.4, 0.5) is 0 Å². The van der Waals surface area contributed by atoms with Crippen molar-refractivity contribution < 1.29 is 4.79 Å². The lowest BCUT2D eigenvalue weighted by molar-refractivity contribution is -0.131. The molecule has 0 saturated heterocycles. The zero-order chi connectivity index (χ0) is 14.6. The highest BCUT2D eigenvalue weighted by atomic mass is 16.2. The molecule has 0 saturated carbocycles. The lowest BCUT2D eigenvalue weighted by Gasteiger charge is -2.25. The number of carbonyl (C=O) groups excluding carboxylic acids is 1. The summed E-state index contributed by atoms with van der Waals surface area (Å²) in [7, 11) is 1.84. The van der Waals surface area contributed by atoms with E-state index in [2.05, 4.69) is 44.3 Å². The number of amides is 1. The predicted octanol–water partition coefficient (Wildman–Crippen LogP) is 2.82. The summed E-state index contributed by atoms with van der Waals surface area (Å²) < 4.78 is 0. The molecule has 0 aliphatic carbocycles. The molecule has 3 nitrogen and oxygen atoms in total. The van der Waals surface area contributed by atoms with Crippen molar-refractivity contribution in [1.82, 2.24) is 10.2 Å². The molecule has 1 rings (SSSR count). The standard InChI is InChI=1S/C16H26N2O/c1-7-18(6)16(19)14(5)17-13(4)15-10-11(2)8-9-12(15)3/h8-10,13-14,17H,7H2,1-6H3. The molecular formula is C16H26N2O. The van der Waals surface area contributed by atoms with Gasteiger partial charge in [0, 0.05) is 19.6 Å². The Morgan fingerprint density at radius 1 is 1.32 bits per heavy atom. The van der Waals surface area contributed by atoms with Crippen LogP contribution in [-0.2, 0) is 4.79 Å². The molecule has 3 heteroatoms. The molecule has 1 aromatic rings. The molecule has 2 atom stereocenters. The van der Waals surface area contributed by atoms with Crippen LogP contribution in [0.2, 0.25) is 0 Å². The highest BCUT2D eigenvalue weighted by molar-refractivity contribution is 5.81. The van der Waals surface area contributed by atoms with Crippen molar-refractivity contribution in [1.29, 1.82) is 0 Å². The molecule has 0 fully saturated rings. The number of carbonyl (C=O) groups is 1. The minimum Gasteiger partial charge on any atom is -0.345 e. The molecule has 0 radical (unpaired) electrons. The van der Waals surface area contributed by atoms with Gasteiger partial charge in [0.25, 0.3) is 0 Å². The van der Waals surface area contributed by atoms with E-state index < -0.39 is 0 Å². The van der Waals surface area contributed by atoms with E-state index in [1.165, 1.54) is 16.7 Å². The number of likely N-dealkylation sites (N-methyl/N-ethyl adjacent to an activating group) is 1. The summed E-state index contributed by atoms with van der Waals surface area (Å²) in [4.78, 5) is 13.8. The van der Waals surface area contributed by atoms with Gasteiger partial charge < -0.3 is 4.90 Å². The highest BCUT2D eigenvalue weighted by Crippen LogP contribution is 2.19. The molecule has 19 heavy (non-hydrogen) atoms. The van der Waals surface area contributed by atoms with Crippen LogP contribution in [-0.4, -0.2) is 30.4 Å². The van der Waals surface area contributed by atoms with Crippen molar-refractivity contribution in [2.45, 2.75) is 46.7 Å². The number of rotatable bonds is 5. The Morgan fingerprint density at radius 2 is 1.95 bits per heavy atom. The summed E-state index contributed by atoms with van der Waals surface area (Å²) in [5.41, 5.74) is 3.77. The first-order valence-electron chi connectivity index (χ1n) is 6.95. The predicted molar refractivity (Wildman–Crippen MR) is 80.2 cm³/mol. The van der Waals surface area contributed by atoms with Crippen molar-refractivity contribution in [3.05, 3.63) is 34.9 Å². The largest absolute Gasteiger partial charge is 0.345 e. The molecule has 0 aliphatic heterocycles. The first-order valence-corrected chi connectivity index (χ1v) is 6.95. The molecule has 106 valence electrons. The van der Waals surface area contributed by atoms with Gasteiger partial charge in [-0.1, -0.05) is 23.8 Å². The number of hydrogen-bond donors (Lipinski definition) is 1. The number of hydrogen-bond acceptors (Lipinski definition) is 2. The maximum absolute atomic E-state index is 12.1. The topological polar surface area (TPSA) is 32.3 Å². The minimum absolute atomic E-state index is 0.139. The Bertz CT molecular complexity index is 442. The van der Waals surface area contributed by atoms with E-state index >= 15 is 0 Å². The second-order valence-corrected chi connectivity index (χ2v) is 5.32. The van der Waals surface area contributed by atoms with Crippen LogP contribution >= 0.6 is 0 Å². The quantitative estimate of drug-likeness (QED) is 0.885. The van der Waals surface area contributed by atoms with E-state index in [9.17, 15) is 4.79 Å². The van der Waals surface area contributed by atoms with Gasteiger partial charge >= 0.3 is 0 Å². The smallest absolute Gasteiger partial charge is 0.239 e. The average molecular weight is 262 g/mol. The molecule has 1 N–H and O–H groups in total. The minimum atomic E-state index is -0.167. The number of benzene rings is 1. The van der Waals surface area contributed by atoms with E-state index in [-0.39, 0.29) is 18.0 Å². The molecular weight excluding hydrogens is 236 g/mol. The fraction of sp³-hybridized carbons (Fsp3) is 0.562. The molecule has 0 spiro atoms. The van der Waals surface area contributed by atoms with E-state index in [0.29, 0.717) is 0 Å². The van der Waals surface area contributed by atoms with E-state index in [1.807, 2.05) is 20.9 Å². The monoisotopic (exact) mass is 262 g/mol. The van der Waals surface area contributed by atoms with Crippen LogP contribution < -0.4 is 5.32 Å². The Labute approximate surface area is 117 Å². The van der Waals surface area contributed by atoms with Crippen molar-refractivity contribution in [2.24, 2.45) is 0 Å². The van der Waals surface area contributed by atoms with Crippen molar-refractivity contribution in [3.8, 4) is 0 Å². The second-order valence-electron chi connectivity index (χ2n) is 5.32. The lowest BCUT2D eigenvalue weighted by atomic mass is 9.99. The third kappa shape index (κ3) is 4.06. The Balaban J connectivity index is 2.76. The molecule has 1 amide bonds. The van der Waals surface area contributed by atoms with Gasteiger partial charge in [-0.15, -0.1) is 0 Å². The first kappa shape index (κ1) is 15.7. The van der Waals surface area contributed by atoms with Gasteiger partial charge in [0.15, 0.2) is 0 Å². The Kier molecular flexibility index (Phi) is 5.55. The van der Waals surface area contributed by atoms with E-state index in [0.717, 1.165) is 6.54 Å². The highest BCUT2D eigenvalue weighted by Gasteiger charge is 2.19. The summed E-state index contributed by atoms with van der Waals surface area (Å²) in [6.45, 7) is 11.0. The third-order valence-corrected chi connectivity index (χ3v) is 3.62. The molecule has 2 unspecified atom stereocenters. The Hall–Kier alpha value is -1.35.